The molecular formula is C26H20F4IN3O4. The van der Waals surface area contributed by atoms with E-state index in [0.29, 0.717) is 19.5 Å². The fourth-order valence-corrected chi connectivity index (χ4v) is 4.84. The number of nitrogens with one attached hydrogen (secondary N) is 1. The van der Waals surface area contributed by atoms with Crippen molar-refractivity contribution in [1.29, 1.82) is 0 Å². The van der Waals surface area contributed by atoms with Crippen LogP contribution in [0.2, 0.25) is 0 Å². The summed E-state index contributed by atoms with van der Waals surface area (Å²) in [5, 5.41) is 11.1. The van der Waals surface area contributed by atoms with Crippen LogP contribution in [0.1, 0.15) is 28.7 Å². The Bertz CT molecular complexity index is 1550. The molecule has 0 bridgehead atoms. The highest BCUT2D eigenvalue weighted by Crippen LogP contribution is 2.44. The normalized spacial score (nSPS) is 13.2. The van der Waals surface area contributed by atoms with Crippen molar-refractivity contribution < 1.29 is 32.2 Å². The number of H-pyrrole nitrogens is 1. The topological polar surface area (TPSA) is 110 Å². The van der Waals surface area contributed by atoms with Crippen molar-refractivity contribution in [1.82, 2.24) is 9.55 Å². The zero-order valence-electron chi connectivity index (χ0n) is 19.6. The van der Waals surface area contributed by atoms with E-state index in [9.17, 15) is 27.9 Å². The number of aromatic hydroxyl groups is 1. The van der Waals surface area contributed by atoms with Crippen molar-refractivity contribution in [2.45, 2.75) is 18.1 Å². The highest BCUT2D eigenvalue weighted by Gasteiger charge is 2.42. The lowest BCUT2D eigenvalue weighted by atomic mass is 9.81. The number of hydrogen-bond donors (Lipinski definition) is 3. The maximum absolute atomic E-state index is 15.3. The summed E-state index contributed by atoms with van der Waals surface area (Å²) in [5.41, 5.74) is 2.87. The summed E-state index contributed by atoms with van der Waals surface area (Å²) in [4.78, 5) is 28.4. The van der Waals surface area contributed by atoms with E-state index in [0.717, 1.165) is 24.3 Å². The second-order valence-electron chi connectivity index (χ2n) is 8.30. The number of nitrogens with two attached hydrogens (primary N) is 1. The summed E-state index contributed by atoms with van der Waals surface area (Å²) >= 11 is 1.83. The van der Waals surface area contributed by atoms with Crippen LogP contribution >= 0.6 is 22.6 Å². The van der Waals surface area contributed by atoms with Crippen LogP contribution in [0.4, 0.5) is 17.6 Å². The Morgan fingerprint density at radius 2 is 1.74 bits per heavy atom. The van der Waals surface area contributed by atoms with Crippen LogP contribution in [0.3, 0.4) is 0 Å². The zero-order chi connectivity index (χ0) is 27.8. The van der Waals surface area contributed by atoms with Crippen LogP contribution in [0.15, 0.2) is 71.5 Å². The zero-order valence-corrected chi connectivity index (χ0v) is 21.7. The van der Waals surface area contributed by atoms with Crippen LogP contribution in [-0.4, -0.2) is 27.7 Å². The highest BCUT2D eigenvalue weighted by molar-refractivity contribution is 14.1. The van der Waals surface area contributed by atoms with E-state index in [2.05, 4.69) is 4.98 Å². The van der Waals surface area contributed by atoms with Gasteiger partial charge in [-0.15, -0.1) is 0 Å². The third-order valence-electron chi connectivity index (χ3n) is 6.07. The van der Waals surface area contributed by atoms with Crippen molar-refractivity contribution in [3.8, 4) is 22.9 Å². The Morgan fingerprint density at radius 1 is 1.08 bits per heavy atom. The first-order chi connectivity index (χ1) is 17.9. The number of primary amides is 1. The molecule has 4 N–H and O–H groups in total. The molecule has 0 aliphatic heterocycles. The van der Waals surface area contributed by atoms with Crippen molar-refractivity contribution in [3.63, 3.8) is 0 Å². The number of halogens is 5. The number of methoxy groups -OCH3 is 1. The Morgan fingerprint density at radius 3 is 2.32 bits per heavy atom. The monoisotopic (exact) mass is 641 g/mol. The van der Waals surface area contributed by atoms with Crippen molar-refractivity contribution in [2.75, 3.05) is 7.11 Å². The molecule has 0 spiro atoms. The van der Waals surface area contributed by atoms with E-state index < -0.39 is 52.6 Å². The molecule has 0 saturated heterocycles. The maximum Gasteiger partial charge on any atom is 0.416 e. The number of imidazole rings is 1. The number of rotatable bonds is 7. The lowest BCUT2D eigenvalue weighted by Crippen LogP contribution is -2.37. The molecule has 7 nitrogen and oxygen atoms in total. The third-order valence-corrected chi connectivity index (χ3v) is 6.74. The number of ether oxygens (including phenoxy) is 1. The first-order valence-electron chi connectivity index (χ1n) is 11.0. The average Bonchev–Trinajstić information content (AvgIpc) is 3.15. The van der Waals surface area contributed by atoms with E-state index >= 15 is 4.39 Å². The van der Waals surface area contributed by atoms with E-state index in [-0.39, 0.29) is 11.3 Å². The Hall–Kier alpha value is -3.81. The molecule has 0 fully saturated rings. The lowest BCUT2D eigenvalue weighted by molar-refractivity contribution is -0.138. The number of aromatic nitrogens is 2. The molecule has 12 heteroatoms. The molecule has 3 aromatic carbocycles. The van der Waals surface area contributed by atoms with Crippen molar-refractivity contribution in [2.24, 2.45) is 5.73 Å². The molecule has 4 rings (SSSR count). The summed E-state index contributed by atoms with van der Waals surface area (Å²) in [5.74, 6) is -4.18. The van der Waals surface area contributed by atoms with Gasteiger partial charge < -0.3 is 20.6 Å². The minimum atomic E-state index is -4.88. The predicted molar refractivity (Wildman–Crippen MR) is 139 cm³/mol. The highest BCUT2D eigenvalue weighted by atomic mass is 127. The van der Waals surface area contributed by atoms with Gasteiger partial charge in [0.05, 0.1) is 12.7 Å². The minimum absolute atomic E-state index is 0.116. The number of hydrogen-bond acceptors (Lipinski definition) is 4. The SMILES string of the molecule is COc1ccc(-c2[nH]c(=O)n(C(C(N)=O)C(c3ccc(I)cc3F)c3ccccc3C(F)(F)F)c2O)cc1. The molecule has 2 atom stereocenters. The first-order valence-corrected chi connectivity index (χ1v) is 12.1. The van der Waals surface area contributed by atoms with Gasteiger partial charge in [-0.05, 0) is 76.2 Å². The molecule has 0 aliphatic rings. The summed E-state index contributed by atoms with van der Waals surface area (Å²) in [6.45, 7) is 0. The van der Waals surface area contributed by atoms with Gasteiger partial charge in [0.15, 0.2) is 0 Å². The molecule has 1 heterocycles. The molecule has 1 amide bonds. The van der Waals surface area contributed by atoms with Gasteiger partial charge in [-0.3, -0.25) is 4.79 Å². The second-order valence-corrected chi connectivity index (χ2v) is 9.55. The molecule has 4 aromatic rings. The van der Waals surface area contributed by atoms with Crippen molar-refractivity contribution >= 4 is 28.5 Å². The van der Waals surface area contributed by atoms with Crippen LogP contribution < -0.4 is 16.2 Å². The lowest BCUT2D eigenvalue weighted by Gasteiger charge is -2.29. The first kappa shape index (κ1) is 27.2. The molecule has 38 heavy (non-hydrogen) atoms. The molecular weight excluding hydrogens is 621 g/mol. The number of carbonyl (C=O) groups excluding carboxylic acids is 1. The number of nitrogens with zero attached hydrogens (tertiary/aromatic N) is 1. The quantitative estimate of drug-likeness (QED) is 0.191. The summed E-state index contributed by atoms with van der Waals surface area (Å²) in [6.07, 6.45) is -4.88. The van der Waals surface area contributed by atoms with E-state index in [1.165, 1.54) is 37.4 Å². The van der Waals surface area contributed by atoms with Crippen molar-refractivity contribution in [3.05, 3.63) is 103 Å². The number of amides is 1. The van der Waals surface area contributed by atoms with Crippen LogP contribution in [0, 0.1) is 9.39 Å². The smallest absolute Gasteiger partial charge is 0.416 e. The standard InChI is InChI=1S/C26H20F4IN3O4/c1-38-15-9-6-13(7-10-15)21-24(36)34(25(37)33-21)22(23(32)35)20(17-11-8-14(31)12-19(17)27)16-4-2-3-5-18(16)26(28,29)30/h2-12,20,22,36H,1H3,(H2,32,35)(H,33,37). The molecule has 0 aliphatic carbocycles. The van der Waals surface area contributed by atoms with Crippen LogP contribution in [-0.2, 0) is 11.0 Å². The van der Waals surface area contributed by atoms with Gasteiger partial charge in [-0.1, -0.05) is 24.3 Å². The van der Waals surface area contributed by atoms with Gasteiger partial charge >= 0.3 is 11.9 Å². The average molecular weight is 641 g/mol. The van der Waals surface area contributed by atoms with Gasteiger partial charge in [0.1, 0.15) is 23.3 Å². The Labute approximate surface area is 227 Å². The number of aromatic amines is 1. The molecule has 2 unspecified atom stereocenters. The molecule has 0 saturated carbocycles. The summed E-state index contributed by atoms with van der Waals surface area (Å²) < 4.78 is 63.6. The van der Waals surface area contributed by atoms with Crippen LogP contribution in [0.25, 0.3) is 11.3 Å². The van der Waals surface area contributed by atoms with Gasteiger partial charge in [0.2, 0.25) is 11.8 Å². The van der Waals surface area contributed by atoms with Gasteiger partial charge in [-0.25, -0.2) is 13.8 Å². The van der Waals surface area contributed by atoms with E-state index in [1.807, 2.05) is 22.6 Å². The molecule has 1 aromatic heterocycles. The van der Waals surface area contributed by atoms with E-state index in [1.54, 1.807) is 12.1 Å². The molecule has 198 valence electrons. The number of carbonyl (C=O) groups is 1. The molecule has 0 radical (unpaired) electrons. The third kappa shape index (κ3) is 5.12. The second kappa shape index (κ2) is 10.5. The largest absolute Gasteiger partial charge is 0.497 e. The summed E-state index contributed by atoms with van der Waals surface area (Å²) in [7, 11) is 1.45. The number of benzene rings is 3. The van der Waals surface area contributed by atoms with Crippen LogP contribution in [0.5, 0.6) is 11.6 Å². The Kier molecular flexibility index (Phi) is 7.54. The van der Waals surface area contributed by atoms with Gasteiger partial charge in [0.25, 0.3) is 0 Å². The summed E-state index contributed by atoms with van der Waals surface area (Å²) in [6, 6.07) is 12.3. The fraction of sp³-hybridized carbons (Fsp3) is 0.154. The Balaban J connectivity index is 2.01. The minimum Gasteiger partial charge on any atom is -0.497 e. The fourth-order valence-electron chi connectivity index (χ4n) is 4.39. The predicted octanol–water partition coefficient (Wildman–Crippen LogP) is 5.18. The number of alkyl halides is 3. The van der Waals surface area contributed by atoms with Gasteiger partial charge in [0, 0.05) is 15.1 Å². The van der Waals surface area contributed by atoms with E-state index in [4.69, 9.17) is 10.5 Å². The maximum atomic E-state index is 15.3. The van der Waals surface area contributed by atoms with Gasteiger partial charge in [-0.2, -0.15) is 13.2 Å².